The van der Waals surface area contributed by atoms with Crippen LogP contribution in [0.4, 0.5) is 10.7 Å². The number of carbonyl (C=O) groups is 1. The highest BCUT2D eigenvalue weighted by molar-refractivity contribution is 7.99. The largest absolute Gasteiger partial charge is 0.396 e. The van der Waals surface area contributed by atoms with Crippen LogP contribution in [0.2, 0.25) is 0 Å². The number of nitrogen functional groups attached to an aromatic ring is 1. The van der Waals surface area contributed by atoms with Crippen LogP contribution in [-0.2, 0) is 0 Å². The molecule has 1 aliphatic heterocycles. The zero-order valence-corrected chi connectivity index (χ0v) is 14.6. The van der Waals surface area contributed by atoms with Crippen LogP contribution in [0.3, 0.4) is 0 Å². The molecule has 118 valence electrons. The second kappa shape index (κ2) is 6.87. The molecule has 0 bridgehead atoms. The molecule has 2 rings (SSSR count). The maximum atomic E-state index is 12.2. The third-order valence-corrected chi connectivity index (χ3v) is 5.53. The number of thioether (sulfide) groups is 1. The van der Waals surface area contributed by atoms with Crippen LogP contribution in [0.1, 0.15) is 9.67 Å². The summed E-state index contributed by atoms with van der Waals surface area (Å²) < 4.78 is 0. The van der Waals surface area contributed by atoms with Crippen molar-refractivity contribution < 1.29 is 4.79 Å². The van der Waals surface area contributed by atoms with E-state index in [-0.39, 0.29) is 5.91 Å². The zero-order valence-electron chi connectivity index (χ0n) is 13.0. The van der Waals surface area contributed by atoms with Gasteiger partial charge in [0.2, 0.25) is 0 Å². The first-order valence-electron chi connectivity index (χ1n) is 6.82. The Morgan fingerprint density at radius 1 is 1.33 bits per heavy atom. The van der Waals surface area contributed by atoms with E-state index < -0.39 is 0 Å². The van der Waals surface area contributed by atoms with Gasteiger partial charge in [-0.15, -0.1) is 23.1 Å². The van der Waals surface area contributed by atoms with Crippen LogP contribution in [0, 0.1) is 0 Å². The molecule has 1 aromatic heterocycles. The number of likely N-dealkylation sites (N-methyl/N-ethyl adjacent to an activating group) is 1. The van der Waals surface area contributed by atoms with E-state index in [4.69, 9.17) is 5.73 Å². The summed E-state index contributed by atoms with van der Waals surface area (Å²) in [5.41, 5.74) is 10.2. The summed E-state index contributed by atoms with van der Waals surface area (Å²) in [6.45, 7) is 3.98. The Bertz CT molecular complexity index is 509. The standard InChI is InChI=1S/C13H23N5OS2/c1-16(2)13(19)11-9(14)10(20-4)12(21-11)15-18-7-5-17(3)6-8-18/h15H,5-8,14H2,1-4H3. The molecular formula is C13H23N5OS2. The lowest BCUT2D eigenvalue weighted by Crippen LogP contribution is -2.46. The van der Waals surface area contributed by atoms with Gasteiger partial charge in [0.05, 0.1) is 10.6 Å². The summed E-state index contributed by atoms with van der Waals surface area (Å²) in [5.74, 6) is -0.0424. The number of nitrogens with two attached hydrogens (primary N) is 1. The van der Waals surface area contributed by atoms with Gasteiger partial charge in [-0.25, -0.2) is 5.01 Å². The maximum absolute atomic E-state index is 12.2. The van der Waals surface area contributed by atoms with E-state index in [0.717, 1.165) is 36.1 Å². The van der Waals surface area contributed by atoms with E-state index in [2.05, 4.69) is 22.4 Å². The van der Waals surface area contributed by atoms with E-state index in [1.165, 1.54) is 11.3 Å². The van der Waals surface area contributed by atoms with Crippen LogP contribution in [0.25, 0.3) is 0 Å². The molecule has 0 aliphatic carbocycles. The highest BCUT2D eigenvalue weighted by Gasteiger charge is 2.23. The minimum Gasteiger partial charge on any atom is -0.396 e. The first kappa shape index (κ1) is 16.4. The second-order valence-electron chi connectivity index (χ2n) is 5.31. The summed E-state index contributed by atoms with van der Waals surface area (Å²) in [5, 5.41) is 3.16. The summed E-state index contributed by atoms with van der Waals surface area (Å²) in [4.78, 5) is 17.6. The minimum absolute atomic E-state index is 0.0424. The number of amides is 1. The smallest absolute Gasteiger partial charge is 0.265 e. The van der Waals surface area contributed by atoms with Crippen molar-refractivity contribution >= 4 is 39.7 Å². The average molecular weight is 329 g/mol. The number of carbonyl (C=O) groups excluding carboxylic acids is 1. The average Bonchev–Trinajstić information content (AvgIpc) is 2.76. The molecule has 1 fully saturated rings. The molecule has 1 aromatic rings. The number of hydrogen-bond acceptors (Lipinski definition) is 7. The molecule has 0 aromatic carbocycles. The lowest BCUT2D eigenvalue weighted by molar-refractivity contribution is 0.0833. The first-order valence-corrected chi connectivity index (χ1v) is 8.86. The van der Waals surface area contributed by atoms with Gasteiger partial charge in [-0.3, -0.25) is 4.79 Å². The molecule has 21 heavy (non-hydrogen) atoms. The van der Waals surface area contributed by atoms with Crippen molar-refractivity contribution in [2.24, 2.45) is 0 Å². The van der Waals surface area contributed by atoms with Crippen LogP contribution in [0.15, 0.2) is 4.90 Å². The van der Waals surface area contributed by atoms with Crippen molar-refractivity contribution in [2.75, 3.05) is 64.7 Å². The fourth-order valence-corrected chi connectivity index (χ4v) is 4.18. The third kappa shape index (κ3) is 3.63. The molecule has 2 heterocycles. The zero-order chi connectivity index (χ0) is 15.6. The molecule has 0 atom stereocenters. The third-order valence-electron chi connectivity index (χ3n) is 3.47. The van der Waals surface area contributed by atoms with Crippen LogP contribution < -0.4 is 11.2 Å². The van der Waals surface area contributed by atoms with Gasteiger partial charge in [-0.1, -0.05) is 0 Å². The maximum Gasteiger partial charge on any atom is 0.265 e. The Hall–Kier alpha value is -0.960. The molecule has 1 aliphatic rings. The Morgan fingerprint density at radius 2 is 1.95 bits per heavy atom. The minimum atomic E-state index is -0.0424. The van der Waals surface area contributed by atoms with Gasteiger partial charge >= 0.3 is 0 Å². The molecule has 0 spiro atoms. The molecule has 1 amide bonds. The van der Waals surface area contributed by atoms with Crippen LogP contribution >= 0.6 is 23.1 Å². The van der Waals surface area contributed by atoms with Gasteiger partial charge in [0.15, 0.2) is 0 Å². The van der Waals surface area contributed by atoms with Gasteiger partial charge in [0, 0.05) is 40.3 Å². The molecule has 6 nitrogen and oxygen atoms in total. The Labute approximate surface area is 134 Å². The van der Waals surface area contributed by atoms with Crippen molar-refractivity contribution in [3.8, 4) is 0 Å². The highest BCUT2D eigenvalue weighted by Crippen LogP contribution is 2.42. The quantitative estimate of drug-likeness (QED) is 0.813. The Kier molecular flexibility index (Phi) is 5.37. The predicted molar refractivity (Wildman–Crippen MR) is 91.2 cm³/mol. The Morgan fingerprint density at radius 3 is 2.48 bits per heavy atom. The lowest BCUT2D eigenvalue weighted by Gasteiger charge is -2.32. The second-order valence-corrected chi connectivity index (χ2v) is 7.15. The topological polar surface area (TPSA) is 64.8 Å². The van der Waals surface area contributed by atoms with Crippen molar-refractivity contribution in [1.29, 1.82) is 0 Å². The van der Waals surface area contributed by atoms with Crippen LogP contribution in [0.5, 0.6) is 0 Å². The molecule has 1 saturated heterocycles. The number of piperazine rings is 1. The molecule has 3 N–H and O–H groups in total. The summed E-state index contributed by atoms with van der Waals surface area (Å²) >= 11 is 3.01. The van der Waals surface area contributed by atoms with Gasteiger partial charge in [0.25, 0.3) is 5.91 Å². The van der Waals surface area contributed by atoms with Gasteiger partial charge in [0.1, 0.15) is 9.88 Å². The molecular weight excluding hydrogens is 306 g/mol. The van der Waals surface area contributed by atoms with Gasteiger partial charge in [-0.2, -0.15) is 0 Å². The van der Waals surface area contributed by atoms with E-state index in [9.17, 15) is 4.79 Å². The lowest BCUT2D eigenvalue weighted by atomic mass is 10.3. The van der Waals surface area contributed by atoms with E-state index >= 15 is 0 Å². The molecule has 0 unspecified atom stereocenters. The fraction of sp³-hybridized carbons (Fsp3) is 0.615. The predicted octanol–water partition coefficient (Wildman–Crippen LogP) is 1.33. The SMILES string of the molecule is CSc1c(NN2CCN(C)CC2)sc(C(=O)N(C)C)c1N. The van der Waals surface area contributed by atoms with E-state index in [0.29, 0.717) is 10.6 Å². The number of nitrogens with zero attached hydrogens (tertiary/aromatic N) is 3. The van der Waals surface area contributed by atoms with Gasteiger partial charge in [-0.05, 0) is 13.3 Å². The summed E-state index contributed by atoms with van der Waals surface area (Å²) in [6.07, 6.45) is 1.98. The van der Waals surface area contributed by atoms with Crippen molar-refractivity contribution in [3.05, 3.63) is 4.88 Å². The number of rotatable bonds is 4. The molecule has 0 radical (unpaired) electrons. The van der Waals surface area contributed by atoms with E-state index in [1.807, 2.05) is 6.26 Å². The van der Waals surface area contributed by atoms with Crippen molar-refractivity contribution in [3.63, 3.8) is 0 Å². The molecule has 8 heteroatoms. The van der Waals surface area contributed by atoms with Crippen LogP contribution in [-0.4, -0.2) is 74.3 Å². The number of hydrazine groups is 1. The number of anilines is 2. The molecule has 0 saturated carbocycles. The summed E-state index contributed by atoms with van der Waals surface area (Å²) in [7, 11) is 5.61. The number of thiophene rings is 1. The highest BCUT2D eigenvalue weighted by atomic mass is 32.2. The first-order chi connectivity index (χ1) is 9.93. The monoisotopic (exact) mass is 329 g/mol. The van der Waals surface area contributed by atoms with Gasteiger partial charge < -0.3 is 21.0 Å². The Balaban J connectivity index is 2.19. The van der Waals surface area contributed by atoms with Crippen molar-refractivity contribution in [1.82, 2.24) is 14.8 Å². The number of hydrogen-bond donors (Lipinski definition) is 2. The fourth-order valence-electron chi connectivity index (χ4n) is 2.13. The van der Waals surface area contributed by atoms with E-state index in [1.54, 1.807) is 30.8 Å². The number of nitrogens with one attached hydrogen (secondary N) is 1. The van der Waals surface area contributed by atoms with Crippen molar-refractivity contribution in [2.45, 2.75) is 4.90 Å². The summed E-state index contributed by atoms with van der Waals surface area (Å²) in [6, 6.07) is 0. The normalized spacial score (nSPS) is 17.0.